The lowest BCUT2D eigenvalue weighted by molar-refractivity contribution is -0.125. The van der Waals surface area contributed by atoms with Crippen molar-refractivity contribution in [3.8, 4) is 0 Å². The lowest BCUT2D eigenvalue weighted by Crippen LogP contribution is -2.46. The molecule has 1 atom stereocenters. The zero-order chi connectivity index (χ0) is 15.0. The van der Waals surface area contributed by atoms with E-state index in [0.717, 1.165) is 25.0 Å². The molecule has 1 aliphatic carbocycles. The maximum atomic E-state index is 13.7. The molecule has 1 aliphatic heterocycles. The molecule has 1 saturated heterocycles. The van der Waals surface area contributed by atoms with Gasteiger partial charge in [0.25, 0.3) is 5.91 Å². The molecule has 4 nitrogen and oxygen atoms in total. The number of nitrogens with one attached hydrogen (secondary N) is 1. The van der Waals surface area contributed by atoms with Gasteiger partial charge in [-0.25, -0.2) is 8.78 Å². The second kappa shape index (κ2) is 5.42. The number of amides is 2. The third-order valence-corrected chi connectivity index (χ3v) is 3.90. The highest BCUT2D eigenvalue weighted by atomic mass is 19.1. The van der Waals surface area contributed by atoms with Crippen molar-refractivity contribution in [1.82, 2.24) is 10.2 Å². The molecule has 0 aromatic heterocycles. The van der Waals surface area contributed by atoms with E-state index in [9.17, 15) is 18.4 Å². The molecule has 21 heavy (non-hydrogen) atoms. The number of halogens is 2. The van der Waals surface area contributed by atoms with Crippen molar-refractivity contribution >= 4 is 11.8 Å². The minimum atomic E-state index is -0.895. The molecule has 0 spiro atoms. The molecule has 1 N–H and O–H groups in total. The van der Waals surface area contributed by atoms with Gasteiger partial charge in [-0.05, 0) is 37.8 Å². The molecule has 1 unspecified atom stereocenters. The van der Waals surface area contributed by atoms with Crippen LogP contribution in [0.5, 0.6) is 0 Å². The Morgan fingerprint density at radius 3 is 2.62 bits per heavy atom. The summed E-state index contributed by atoms with van der Waals surface area (Å²) in [5.74, 6) is -2.35. The molecule has 6 heteroatoms. The van der Waals surface area contributed by atoms with E-state index in [2.05, 4.69) is 5.32 Å². The largest absolute Gasteiger partial charge is 0.352 e. The van der Waals surface area contributed by atoms with Gasteiger partial charge < -0.3 is 10.2 Å². The quantitative estimate of drug-likeness (QED) is 0.925. The summed E-state index contributed by atoms with van der Waals surface area (Å²) < 4.78 is 26.6. The fraction of sp³-hybridized carbons (Fsp3) is 0.467. The number of carbonyl (C=O) groups excluding carboxylic acids is 2. The number of hydrogen-bond donors (Lipinski definition) is 1. The van der Waals surface area contributed by atoms with Crippen molar-refractivity contribution in [3.63, 3.8) is 0 Å². The van der Waals surface area contributed by atoms with Crippen LogP contribution in [-0.4, -0.2) is 35.3 Å². The van der Waals surface area contributed by atoms with Gasteiger partial charge in [0.1, 0.15) is 17.7 Å². The Labute approximate surface area is 121 Å². The van der Waals surface area contributed by atoms with Gasteiger partial charge in [-0.1, -0.05) is 0 Å². The molecular weight excluding hydrogens is 278 g/mol. The SMILES string of the molecule is O=C(NC1CC1)C1CCCN1C(=O)c1ccc(F)cc1F. The first kappa shape index (κ1) is 14.0. The second-order valence-corrected chi connectivity index (χ2v) is 5.56. The summed E-state index contributed by atoms with van der Waals surface area (Å²) in [6, 6.07) is 2.52. The van der Waals surface area contributed by atoms with Crippen LogP contribution in [0.4, 0.5) is 8.78 Å². The van der Waals surface area contributed by atoms with Crippen LogP contribution in [0.25, 0.3) is 0 Å². The van der Waals surface area contributed by atoms with Gasteiger partial charge in [0, 0.05) is 18.7 Å². The fourth-order valence-electron chi connectivity index (χ4n) is 2.63. The van der Waals surface area contributed by atoms with E-state index in [1.807, 2.05) is 0 Å². The Hall–Kier alpha value is -1.98. The molecule has 2 fully saturated rings. The summed E-state index contributed by atoms with van der Waals surface area (Å²) in [5, 5.41) is 2.87. The summed E-state index contributed by atoms with van der Waals surface area (Å²) in [7, 11) is 0. The molecule has 1 heterocycles. The third kappa shape index (κ3) is 2.89. The van der Waals surface area contributed by atoms with E-state index in [4.69, 9.17) is 0 Å². The first-order chi connectivity index (χ1) is 10.1. The first-order valence-electron chi connectivity index (χ1n) is 7.12. The van der Waals surface area contributed by atoms with Crippen LogP contribution >= 0.6 is 0 Å². The molecule has 0 radical (unpaired) electrons. The van der Waals surface area contributed by atoms with Crippen molar-refractivity contribution in [1.29, 1.82) is 0 Å². The highest BCUT2D eigenvalue weighted by molar-refractivity contribution is 5.98. The number of benzene rings is 1. The van der Waals surface area contributed by atoms with Crippen LogP contribution in [0.15, 0.2) is 18.2 Å². The molecule has 0 bridgehead atoms. The molecule has 2 amide bonds. The number of nitrogens with zero attached hydrogens (tertiary/aromatic N) is 1. The summed E-state index contributed by atoms with van der Waals surface area (Å²) in [5.41, 5.74) is -0.192. The predicted molar refractivity (Wildman–Crippen MR) is 71.6 cm³/mol. The maximum Gasteiger partial charge on any atom is 0.257 e. The van der Waals surface area contributed by atoms with Crippen molar-refractivity contribution in [2.75, 3.05) is 6.54 Å². The van der Waals surface area contributed by atoms with E-state index >= 15 is 0 Å². The maximum absolute atomic E-state index is 13.7. The van der Waals surface area contributed by atoms with Gasteiger partial charge in [0.15, 0.2) is 0 Å². The van der Waals surface area contributed by atoms with Gasteiger partial charge in [0.05, 0.1) is 5.56 Å². The minimum absolute atomic E-state index is 0.175. The van der Waals surface area contributed by atoms with Gasteiger partial charge in [-0.15, -0.1) is 0 Å². The van der Waals surface area contributed by atoms with Crippen LogP contribution in [0, 0.1) is 11.6 Å². The normalized spacial score (nSPS) is 21.4. The van der Waals surface area contributed by atoms with E-state index in [1.165, 1.54) is 4.90 Å². The summed E-state index contributed by atoms with van der Waals surface area (Å²) in [6.45, 7) is 0.415. The van der Waals surface area contributed by atoms with Crippen LogP contribution in [0.3, 0.4) is 0 Å². The second-order valence-electron chi connectivity index (χ2n) is 5.56. The Kier molecular flexibility index (Phi) is 3.61. The Morgan fingerprint density at radius 1 is 1.19 bits per heavy atom. The van der Waals surface area contributed by atoms with Crippen molar-refractivity contribution in [3.05, 3.63) is 35.4 Å². The fourth-order valence-corrected chi connectivity index (χ4v) is 2.63. The van der Waals surface area contributed by atoms with Gasteiger partial charge >= 0.3 is 0 Å². The van der Waals surface area contributed by atoms with Crippen molar-refractivity contribution in [2.24, 2.45) is 0 Å². The monoisotopic (exact) mass is 294 g/mol. The molecule has 1 aromatic carbocycles. The Bertz CT molecular complexity index is 587. The number of hydrogen-bond acceptors (Lipinski definition) is 2. The smallest absolute Gasteiger partial charge is 0.257 e. The predicted octanol–water partition coefficient (Wildman–Crippen LogP) is 1.85. The Morgan fingerprint density at radius 2 is 1.95 bits per heavy atom. The summed E-state index contributed by atoms with van der Waals surface area (Å²) in [4.78, 5) is 25.9. The van der Waals surface area contributed by atoms with E-state index < -0.39 is 23.6 Å². The first-order valence-corrected chi connectivity index (χ1v) is 7.12. The zero-order valence-corrected chi connectivity index (χ0v) is 11.4. The minimum Gasteiger partial charge on any atom is -0.352 e. The Balaban J connectivity index is 1.77. The van der Waals surface area contributed by atoms with Crippen molar-refractivity contribution in [2.45, 2.75) is 37.8 Å². The van der Waals surface area contributed by atoms with E-state index in [1.54, 1.807) is 0 Å². The van der Waals surface area contributed by atoms with Crippen LogP contribution in [0.2, 0.25) is 0 Å². The third-order valence-electron chi connectivity index (χ3n) is 3.90. The van der Waals surface area contributed by atoms with Gasteiger partial charge in [0.2, 0.25) is 5.91 Å². The average molecular weight is 294 g/mol. The summed E-state index contributed by atoms with van der Waals surface area (Å²) >= 11 is 0. The van der Waals surface area contributed by atoms with Crippen LogP contribution in [-0.2, 0) is 4.79 Å². The summed E-state index contributed by atoms with van der Waals surface area (Å²) in [6.07, 6.45) is 3.22. The standard InChI is InChI=1S/C15H16F2N2O2/c16-9-3-6-11(12(17)8-9)15(21)19-7-1-2-13(19)14(20)18-10-4-5-10/h3,6,8,10,13H,1-2,4-5,7H2,(H,18,20). The molecule has 1 saturated carbocycles. The lowest BCUT2D eigenvalue weighted by Gasteiger charge is -2.24. The van der Waals surface area contributed by atoms with E-state index in [0.29, 0.717) is 25.5 Å². The number of likely N-dealkylation sites (tertiary alicyclic amines) is 1. The number of carbonyl (C=O) groups is 2. The average Bonchev–Trinajstić information content (AvgIpc) is 3.11. The molecular formula is C15H16F2N2O2. The molecule has 1 aromatic rings. The highest BCUT2D eigenvalue weighted by Gasteiger charge is 2.37. The molecule has 3 rings (SSSR count). The van der Waals surface area contributed by atoms with E-state index in [-0.39, 0.29) is 17.5 Å². The highest BCUT2D eigenvalue weighted by Crippen LogP contribution is 2.24. The zero-order valence-electron chi connectivity index (χ0n) is 11.4. The molecule has 112 valence electrons. The van der Waals surface area contributed by atoms with Gasteiger partial charge in [-0.2, -0.15) is 0 Å². The van der Waals surface area contributed by atoms with Crippen molar-refractivity contribution < 1.29 is 18.4 Å². The van der Waals surface area contributed by atoms with Crippen LogP contribution in [0.1, 0.15) is 36.0 Å². The molecule has 2 aliphatic rings. The number of rotatable bonds is 3. The van der Waals surface area contributed by atoms with Crippen LogP contribution < -0.4 is 5.32 Å². The van der Waals surface area contributed by atoms with Gasteiger partial charge in [-0.3, -0.25) is 9.59 Å². The topological polar surface area (TPSA) is 49.4 Å². The lowest BCUT2D eigenvalue weighted by atomic mass is 10.1.